The molecule has 0 atom stereocenters. The van der Waals surface area contributed by atoms with Crippen molar-refractivity contribution in [3.63, 3.8) is 0 Å². The number of fused-ring (bicyclic) bond motifs is 1. The van der Waals surface area contributed by atoms with Gasteiger partial charge in [-0.3, -0.25) is 30.2 Å². The first-order chi connectivity index (χ1) is 23.9. The molecule has 0 bridgehead atoms. The van der Waals surface area contributed by atoms with E-state index >= 15 is 0 Å². The average Bonchev–Trinajstić information content (AvgIpc) is 3.07. The first kappa shape index (κ1) is 37.5. The van der Waals surface area contributed by atoms with Crippen LogP contribution >= 0.6 is 23.2 Å². The summed E-state index contributed by atoms with van der Waals surface area (Å²) in [4.78, 5) is 53.3. The van der Waals surface area contributed by atoms with Crippen LogP contribution in [-0.2, 0) is 0 Å². The maximum Gasteiger partial charge on any atom is 0.280 e. The Bertz CT molecular complexity index is 1610. The Hall–Kier alpha value is -5.36. The molecule has 2 aromatic heterocycles. The van der Waals surface area contributed by atoms with Crippen LogP contribution in [0.3, 0.4) is 0 Å². The highest BCUT2D eigenvalue weighted by Gasteiger charge is 2.22. The van der Waals surface area contributed by atoms with Crippen LogP contribution in [0.25, 0.3) is 0 Å². The molecule has 268 valence electrons. The number of carbonyl (C=O) groups excluding carboxylic acids is 2. The number of carbonyl (C=O) groups is 2. The minimum Gasteiger partial charge on any atom is -0.382 e. The second kappa shape index (κ2) is 17.9. The fourth-order valence-corrected chi connectivity index (χ4v) is 5.43. The normalized spacial score (nSPS) is 13.2. The van der Waals surface area contributed by atoms with E-state index in [4.69, 9.17) is 57.6 Å². The third kappa shape index (κ3) is 10.3. The number of nitrogens with zero attached hydrogens (tertiary/aromatic N) is 8. The van der Waals surface area contributed by atoms with E-state index in [1.54, 1.807) is 0 Å². The standard InChI is InChI=1S/C30H42Cl2N16O2/c31-21-25(35)43-23(33)19(41-21)27(49)45-29(37)39-11-5-1-7-13-47-15-16-48(18-10-4-3-9-17(18)47)14-8-2-6-12-40-30(38)46-28(50)20-24(34)44-26(36)22(32)42-20/h3-4,9-10H,1-2,5-8,11-16H2,(H4,33,35,43)(H4,34,36,44)(H3,37,39,45,49)(H3,38,40,46,50). The van der Waals surface area contributed by atoms with Crippen molar-refractivity contribution in [3.05, 3.63) is 46.0 Å². The van der Waals surface area contributed by atoms with Crippen LogP contribution in [0.15, 0.2) is 34.3 Å². The third-order valence-corrected chi connectivity index (χ3v) is 8.22. The molecule has 0 radical (unpaired) electrons. The molecule has 0 fully saturated rings. The second-order valence-corrected chi connectivity index (χ2v) is 12.0. The fraction of sp³-hybridized carbons (Fsp3) is 0.400. The number of hydrogen-bond acceptors (Lipinski definition) is 14. The minimum absolute atomic E-state index is 0.0437. The summed E-state index contributed by atoms with van der Waals surface area (Å²) in [6.45, 7) is 4.58. The lowest BCUT2D eigenvalue weighted by atomic mass is 10.1. The van der Waals surface area contributed by atoms with Crippen LogP contribution in [-0.4, -0.2) is 82.9 Å². The number of benzene rings is 1. The first-order valence-electron chi connectivity index (χ1n) is 15.9. The molecule has 14 N–H and O–H groups in total. The highest BCUT2D eigenvalue weighted by molar-refractivity contribution is 6.32. The van der Waals surface area contributed by atoms with Crippen molar-refractivity contribution >= 4 is 81.6 Å². The van der Waals surface area contributed by atoms with Crippen LogP contribution in [0, 0.1) is 0 Å². The molecule has 18 nitrogen and oxygen atoms in total. The lowest BCUT2D eigenvalue weighted by molar-refractivity contribution is 0.0964. The van der Waals surface area contributed by atoms with E-state index in [1.807, 2.05) is 0 Å². The van der Waals surface area contributed by atoms with Gasteiger partial charge in [0.15, 0.2) is 56.9 Å². The fourth-order valence-electron chi connectivity index (χ4n) is 5.17. The van der Waals surface area contributed by atoms with Crippen molar-refractivity contribution in [3.8, 4) is 0 Å². The molecule has 0 unspecified atom stereocenters. The Balaban J connectivity index is 1.14. The molecule has 1 aromatic carbocycles. The molecular formula is C30H42Cl2N16O2. The molecular weight excluding hydrogens is 687 g/mol. The number of rotatable bonds is 14. The summed E-state index contributed by atoms with van der Waals surface area (Å²) in [7, 11) is 0. The van der Waals surface area contributed by atoms with Gasteiger partial charge in [-0.1, -0.05) is 35.3 Å². The summed E-state index contributed by atoms with van der Waals surface area (Å²) in [5, 5.41) is 4.64. The van der Waals surface area contributed by atoms with Crippen LogP contribution in [0.5, 0.6) is 0 Å². The summed E-state index contributed by atoms with van der Waals surface area (Å²) < 4.78 is 0. The first-order valence-corrected chi connectivity index (χ1v) is 16.7. The van der Waals surface area contributed by atoms with Crippen molar-refractivity contribution in [1.82, 2.24) is 30.6 Å². The van der Waals surface area contributed by atoms with Crippen molar-refractivity contribution in [2.45, 2.75) is 38.5 Å². The van der Waals surface area contributed by atoms with E-state index in [1.165, 1.54) is 11.4 Å². The van der Waals surface area contributed by atoms with Crippen molar-refractivity contribution in [2.24, 2.45) is 21.5 Å². The Labute approximate surface area is 299 Å². The summed E-state index contributed by atoms with van der Waals surface area (Å²) in [5.74, 6) is -1.86. The van der Waals surface area contributed by atoms with Crippen LogP contribution in [0.1, 0.15) is 59.5 Å². The maximum absolute atomic E-state index is 12.4. The summed E-state index contributed by atoms with van der Waals surface area (Å²) in [6.07, 6.45) is 5.43. The molecule has 50 heavy (non-hydrogen) atoms. The Kier molecular flexibility index (Phi) is 13.4. The molecule has 20 heteroatoms. The molecule has 1 aliphatic heterocycles. The van der Waals surface area contributed by atoms with E-state index < -0.39 is 11.8 Å². The monoisotopic (exact) mass is 728 g/mol. The van der Waals surface area contributed by atoms with Gasteiger partial charge in [-0.2, -0.15) is 0 Å². The van der Waals surface area contributed by atoms with Crippen LogP contribution < -0.4 is 54.8 Å². The van der Waals surface area contributed by atoms with Gasteiger partial charge in [0.05, 0.1) is 11.4 Å². The molecule has 0 saturated carbocycles. The predicted molar refractivity (Wildman–Crippen MR) is 198 cm³/mol. The predicted octanol–water partition coefficient (Wildman–Crippen LogP) is 1.36. The van der Waals surface area contributed by atoms with Gasteiger partial charge in [0, 0.05) is 39.3 Å². The van der Waals surface area contributed by atoms with E-state index in [0.717, 1.165) is 64.7 Å². The smallest absolute Gasteiger partial charge is 0.280 e. The number of amides is 2. The van der Waals surface area contributed by atoms with Crippen LogP contribution in [0.2, 0.25) is 10.3 Å². The highest BCUT2D eigenvalue weighted by atomic mass is 35.5. The number of anilines is 6. The number of guanidine groups is 2. The third-order valence-electron chi connectivity index (χ3n) is 7.66. The van der Waals surface area contributed by atoms with E-state index in [0.29, 0.717) is 13.1 Å². The molecule has 2 amide bonds. The highest BCUT2D eigenvalue weighted by Crippen LogP contribution is 2.33. The minimum atomic E-state index is -0.668. The van der Waals surface area contributed by atoms with Gasteiger partial charge in [-0.05, 0) is 50.7 Å². The quantitative estimate of drug-likeness (QED) is 0.0660. The van der Waals surface area contributed by atoms with Gasteiger partial charge in [-0.25, -0.2) is 19.9 Å². The van der Waals surface area contributed by atoms with Gasteiger partial charge < -0.3 is 44.2 Å². The van der Waals surface area contributed by atoms with Crippen LogP contribution in [0.4, 0.5) is 34.6 Å². The number of nitrogens with one attached hydrogen (secondary N) is 2. The molecule has 1 aliphatic rings. The number of unbranched alkanes of at least 4 members (excludes halogenated alkanes) is 4. The van der Waals surface area contributed by atoms with Gasteiger partial charge in [0.25, 0.3) is 11.8 Å². The zero-order valence-electron chi connectivity index (χ0n) is 27.4. The number of para-hydroxylation sites is 2. The second-order valence-electron chi connectivity index (χ2n) is 11.3. The maximum atomic E-state index is 12.4. The lowest BCUT2D eigenvalue weighted by Gasteiger charge is -2.39. The molecule has 0 aliphatic carbocycles. The number of halogens is 2. The summed E-state index contributed by atoms with van der Waals surface area (Å²) in [5.41, 5.74) is 36.3. The molecule has 4 rings (SSSR count). The summed E-state index contributed by atoms with van der Waals surface area (Å²) in [6, 6.07) is 8.43. The Morgan fingerprint density at radius 3 is 1.44 bits per heavy atom. The van der Waals surface area contributed by atoms with Crippen molar-refractivity contribution in [1.29, 1.82) is 0 Å². The molecule has 0 spiro atoms. The van der Waals surface area contributed by atoms with E-state index in [-0.39, 0.29) is 56.9 Å². The molecule has 3 heterocycles. The SMILES string of the molecule is NC(=NCCCCCN1CCN(CCCCCN=C(N)NC(=O)c2nc(Cl)c(N)nc2N)c2ccccc21)NC(=O)c1nc(Cl)c(N)nc1N. The number of nitrogens with two attached hydrogens (primary N) is 6. The van der Waals surface area contributed by atoms with Gasteiger partial charge in [-0.15, -0.1) is 0 Å². The number of aromatic nitrogens is 4. The largest absolute Gasteiger partial charge is 0.382 e. The van der Waals surface area contributed by atoms with E-state index in [9.17, 15) is 9.59 Å². The molecule has 0 saturated heterocycles. The van der Waals surface area contributed by atoms with E-state index in [2.05, 4.69) is 74.6 Å². The number of aliphatic imine (C=N–C) groups is 2. The van der Waals surface area contributed by atoms with Crippen molar-refractivity contribution < 1.29 is 9.59 Å². The number of hydrogen-bond donors (Lipinski definition) is 8. The van der Waals surface area contributed by atoms with Gasteiger partial charge in [0.2, 0.25) is 0 Å². The van der Waals surface area contributed by atoms with Crippen molar-refractivity contribution in [2.75, 3.05) is 72.0 Å². The zero-order chi connectivity index (χ0) is 36.2. The topological polar surface area (TPSA) is 297 Å². The summed E-state index contributed by atoms with van der Waals surface area (Å²) >= 11 is 11.7. The molecule has 3 aromatic rings. The lowest BCUT2D eigenvalue weighted by Crippen LogP contribution is -2.42. The number of nitrogen functional groups attached to an aromatic ring is 4. The average molecular weight is 730 g/mol. The van der Waals surface area contributed by atoms with Gasteiger partial charge in [0.1, 0.15) is 0 Å². The Morgan fingerprint density at radius 1 is 0.640 bits per heavy atom. The Morgan fingerprint density at radius 2 is 1.04 bits per heavy atom. The van der Waals surface area contributed by atoms with Gasteiger partial charge >= 0.3 is 0 Å². The zero-order valence-corrected chi connectivity index (χ0v) is 28.9.